The van der Waals surface area contributed by atoms with Crippen LogP contribution in [-0.2, 0) is 4.79 Å². The highest BCUT2D eigenvalue weighted by Gasteiger charge is 2.25. The van der Waals surface area contributed by atoms with Crippen LogP contribution in [0.5, 0.6) is 0 Å². The average Bonchev–Trinajstić information content (AvgIpc) is 2.46. The molecule has 0 aliphatic heterocycles. The Bertz CT molecular complexity index is 340. The lowest BCUT2D eigenvalue weighted by molar-refractivity contribution is -0.118. The Balaban J connectivity index is 1.58. The zero-order valence-corrected chi connectivity index (χ0v) is 13.4. The quantitative estimate of drug-likeness (QED) is 0.394. The van der Waals surface area contributed by atoms with E-state index in [0.29, 0.717) is 5.78 Å². The second kappa shape index (κ2) is 8.64. The van der Waals surface area contributed by atoms with E-state index in [-0.39, 0.29) is 0 Å². The number of hydrogen-bond acceptors (Lipinski definition) is 1. The van der Waals surface area contributed by atoms with Crippen molar-refractivity contribution in [3.63, 3.8) is 0 Å². The number of ketones is 1. The van der Waals surface area contributed by atoms with Crippen molar-refractivity contribution in [3.8, 4) is 0 Å². The second-order valence-corrected chi connectivity index (χ2v) is 6.94. The third-order valence-electron chi connectivity index (χ3n) is 5.22. The largest absolute Gasteiger partial charge is 0.299 e. The normalized spacial score (nSPS) is 23.1. The minimum Gasteiger partial charge on any atom is -0.299 e. The van der Waals surface area contributed by atoms with Gasteiger partial charge in [0.15, 0.2) is 0 Å². The molecule has 114 valence electrons. The van der Waals surface area contributed by atoms with E-state index in [4.69, 9.17) is 0 Å². The summed E-state index contributed by atoms with van der Waals surface area (Å²) < 4.78 is 0. The topological polar surface area (TPSA) is 17.1 Å². The molecule has 1 heteroatoms. The molecule has 20 heavy (non-hydrogen) atoms. The van der Waals surface area contributed by atoms with Gasteiger partial charge in [0.1, 0.15) is 5.78 Å². The van der Waals surface area contributed by atoms with Crippen molar-refractivity contribution in [2.45, 2.75) is 96.8 Å². The Labute approximate surface area is 125 Å². The molecular weight excluding hydrogens is 244 g/mol. The summed E-state index contributed by atoms with van der Waals surface area (Å²) in [6, 6.07) is 0. The fourth-order valence-electron chi connectivity index (χ4n) is 3.90. The first-order valence-corrected chi connectivity index (χ1v) is 9.01. The molecule has 0 aromatic carbocycles. The Hall–Kier alpha value is -0.590. The van der Waals surface area contributed by atoms with E-state index in [1.165, 1.54) is 76.2 Å². The minimum absolute atomic E-state index is 0.481. The van der Waals surface area contributed by atoms with Crippen LogP contribution in [0.3, 0.4) is 0 Å². The van der Waals surface area contributed by atoms with Gasteiger partial charge in [-0.3, -0.25) is 4.79 Å². The van der Waals surface area contributed by atoms with Gasteiger partial charge in [-0.05, 0) is 31.6 Å². The maximum Gasteiger partial charge on any atom is 0.137 e. The highest BCUT2D eigenvalue weighted by Crippen LogP contribution is 2.38. The first-order chi connectivity index (χ1) is 9.79. The number of rotatable bonds is 8. The number of allylic oxidation sites excluding steroid dienone is 2. The van der Waals surface area contributed by atoms with Gasteiger partial charge in [-0.1, -0.05) is 69.4 Å². The summed E-state index contributed by atoms with van der Waals surface area (Å²) >= 11 is 0. The van der Waals surface area contributed by atoms with Crippen molar-refractivity contribution in [3.05, 3.63) is 11.1 Å². The predicted octanol–water partition coefficient (Wildman–Crippen LogP) is 5.98. The predicted molar refractivity (Wildman–Crippen MR) is 85.8 cm³/mol. The molecule has 0 spiro atoms. The van der Waals surface area contributed by atoms with Gasteiger partial charge >= 0.3 is 0 Å². The summed E-state index contributed by atoms with van der Waals surface area (Å²) in [4.78, 5) is 11.5. The Morgan fingerprint density at radius 3 is 2.45 bits per heavy atom. The van der Waals surface area contributed by atoms with Crippen LogP contribution >= 0.6 is 0 Å². The summed E-state index contributed by atoms with van der Waals surface area (Å²) in [6.45, 7) is 2.28. The smallest absolute Gasteiger partial charge is 0.137 e. The van der Waals surface area contributed by atoms with Gasteiger partial charge < -0.3 is 0 Å². The third-order valence-corrected chi connectivity index (χ3v) is 5.22. The van der Waals surface area contributed by atoms with E-state index in [2.05, 4.69) is 6.92 Å². The third kappa shape index (κ3) is 5.07. The molecule has 0 heterocycles. The fraction of sp³-hybridized carbons (Fsp3) is 0.842. The lowest BCUT2D eigenvalue weighted by atomic mass is 9.75. The van der Waals surface area contributed by atoms with Gasteiger partial charge in [0, 0.05) is 12.8 Å². The lowest BCUT2D eigenvalue weighted by Crippen LogP contribution is -2.17. The SMILES string of the molecule is CCCCCCCCCC1CCC2=C(CCC(=O)C2)C1. The number of carbonyl (C=O) groups is 1. The molecule has 0 radical (unpaired) electrons. The Kier molecular flexibility index (Phi) is 6.82. The van der Waals surface area contributed by atoms with Crippen LogP contribution in [0.1, 0.15) is 96.8 Å². The molecule has 1 atom stereocenters. The monoisotopic (exact) mass is 276 g/mol. The van der Waals surface area contributed by atoms with Crippen LogP contribution in [0.25, 0.3) is 0 Å². The molecule has 0 bridgehead atoms. The molecule has 0 aromatic heterocycles. The van der Waals surface area contributed by atoms with Crippen LogP contribution in [-0.4, -0.2) is 5.78 Å². The fourth-order valence-corrected chi connectivity index (χ4v) is 3.90. The summed E-state index contributed by atoms with van der Waals surface area (Å²) in [5.41, 5.74) is 3.20. The molecule has 0 aromatic rings. The standard InChI is InChI=1S/C19H32O/c1-2-3-4-5-6-7-8-9-16-10-11-18-15-19(20)13-12-17(18)14-16/h16H,2-15H2,1H3. The van der Waals surface area contributed by atoms with Gasteiger partial charge in [-0.15, -0.1) is 0 Å². The van der Waals surface area contributed by atoms with Crippen molar-refractivity contribution in [1.29, 1.82) is 0 Å². The lowest BCUT2D eigenvalue weighted by Gasteiger charge is -2.30. The maximum absolute atomic E-state index is 11.5. The van der Waals surface area contributed by atoms with E-state index >= 15 is 0 Å². The van der Waals surface area contributed by atoms with Crippen LogP contribution in [0.2, 0.25) is 0 Å². The van der Waals surface area contributed by atoms with Gasteiger partial charge in [-0.2, -0.15) is 0 Å². The summed E-state index contributed by atoms with van der Waals surface area (Å²) in [6.07, 6.45) is 18.0. The highest BCUT2D eigenvalue weighted by molar-refractivity contribution is 5.82. The van der Waals surface area contributed by atoms with Crippen LogP contribution < -0.4 is 0 Å². The number of unbranched alkanes of at least 4 members (excludes halogenated alkanes) is 6. The van der Waals surface area contributed by atoms with Crippen LogP contribution in [0, 0.1) is 5.92 Å². The first-order valence-electron chi connectivity index (χ1n) is 9.01. The number of hydrogen-bond donors (Lipinski definition) is 0. The number of carbonyl (C=O) groups excluding carboxylic acids is 1. The second-order valence-electron chi connectivity index (χ2n) is 6.94. The highest BCUT2D eigenvalue weighted by atomic mass is 16.1. The van der Waals surface area contributed by atoms with Crippen molar-refractivity contribution in [1.82, 2.24) is 0 Å². The minimum atomic E-state index is 0.481. The van der Waals surface area contributed by atoms with Crippen molar-refractivity contribution in [2.75, 3.05) is 0 Å². The van der Waals surface area contributed by atoms with E-state index in [1.54, 1.807) is 5.57 Å². The molecule has 0 fully saturated rings. The molecule has 0 saturated carbocycles. The zero-order chi connectivity index (χ0) is 14.2. The first kappa shape index (κ1) is 15.8. The Morgan fingerprint density at radius 2 is 1.65 bits per heavy atom. The molecule has 1 nitrogen and oxygen atoms in total. The van der Waals surface area contributed by atoms with Crippen LogP contribution in [0.15, 0.2) is 11.1 Å². The molecule has 0 amide bonds. The maximum atomic E-state index is 11.5. The van der Waals surface area contributed by atoms with E-state index in [1.807, 2.05) is 0 Å². The van der Waals surface area contributed by atoms with E-state index in [0.717, 1.165) is 25.2 Å². The van der Waals surface area contributed by atoms with Gasteiger partial charge in [-0.25, -0.2) is 0 Å². The van der Waals surface area contributed by atoms with Crippen molar-refractivity contribution >= 4 is 5.78 Å². The molecule has 2 rings (SSSR count). The molecular formula is C19H32O. The zero-order valence-electron chi connectivity index (χ0n) is 13.4. The van der Waals surface area contributed by atoms with E-state index < -0.39 is 0 Å². The molecule has 1 unspecified atom stereocenters. The summed E-state index contributed by atoms with van der Waals surface area (Å²) in [5.74, 6) is 1.41. The summed E-state index contributed by atoms with van der Waals surface area (Å²) in [7, 11) is 0. The van der Waals surface area contributed by atoms with Crippen molar-refractivity contribution in [2.24, 2.45) is 5.92 Å². The van der Waals surface area contributed by atoms with Gasteiger partial charge in [0.2, 0.25) is 0 Å². The van der Waals surface area contributed by atoms with Gasteiger partial charge in [0.05, 0.1) is 0 Å². The van der Waals surface area contributed by atoms with E-state index in [9.17, 15) is 4.79 Å². The Morgan fingerprint density at radius 1 is 0.900 bits per heavy atom. The number of Topliss-reactive ketones (excluding diaryl/α,β-unsaturated/α-hetero) is 1. The molecule has 2 aliphatic carbocycles. The molecule has 0 saturated heterocycles. The molecule has 0 N–H and O–H groups in total. The molecule has 2 aliphatic rings. The average molecular weight is 276 g/mol. The van der Waals surface area contributed by atoms with Crippen molar-refractivity contribution < 1.29 is 4.79 Å². The summed E-state index contributed by atoms with van der Waals surface area (Å²) in [5, 5.41) is 0. The van der Waals surface area contributed by atoms with Crippen LogP contribution in [0.4, 0.5) is 0 Å². The van der Waals surface area contributed by atoms with Gasteiger partial charge in [0.25, 0.3) is 0 Å².